The molecule has 200 valence electrons. The molecule has 0 radical (unpaired) electrons. The number of amides is 2. The normalized spacial score (nSPS) is 14.8. The Morgan fingerprint density at radius 1 is 1.05 bits per heavy atom. The summed E-state index contributed by atoms with van der Waals surface area (Å²) in [6.45, 7) is 6.87. The smallest absolute Gasteiger partial charge is 0.271 e. The van der Waals surface area contributed by atoms with E-state index >= 15 is 0 Å². The minimum absolute atomic E-state index is 0.0217. The van der Waals surface area contributed by atoms with E-state index in [-0.39, 0.29) is 12.1 Å². The topological polar surface area (TPSA) is 88.2 Å². The molecule has 3 aromatic rings. The lowest BCUT2D eigenvalue weighted by molar-refractivity contribution is -0.140. The van der Waals surface area contributed by atoms with Crippen molar-refractivity contribution < 1.29 is 14.3 Å². The van der Waals surface area contributed by atoms with Gasteiger partial charge in [-0.05, 0) is 68.4 Å². The van der Waals surface area contributed by atoms with Crippen molar-refractivity contribution in [3.05, 3.63) is 83.1 Å². The highest BCUT2D eigenvalue weighted by molar-refractivity contribution is 7.99. The summed E-state index contributed by atoms with van der Waals surface area (Å²) in [5, 5.41) is 14.6. The van der Waals surface area contributed by atoms with Crippen LogP contribution in [0.25, 0.3) is 23.0 Å². The van der Waals surface area contributed by atoms with Crippen LogP contribution in [0.1, 0.15) is 39.2 Å². The first-order chi connectivity index (χ1) is 19.0. The maximum absolute atomic E-state index is 13.6. The van der Waals surface area contributed by atoms with Gasteiger partial charge in [0.1, 0.15) is 11.6 Å². The van der Waals surface area contributed by atoms with Gasteiger partial charge in [-0.15, -0.1) is 11.8 Å². The summed E-state index contributed by atoms with van der Waals surface area (Å²) < 4.78 is 7.16. The monoisotopic (exact) mass is 540 g/mol. The van der Waals surface area contributed by atoms with Crippen LogP contribution in [0.4, 0.5) is 0 Å². The summed E-state index contributed by atoms with van der Waals surface area (Å²) in [5.74, 6) is 0.0698. The minimum atomic E-state index is -0.561. The van der Waals surface area contributed by atoms with Crippen molar-refractivity contribution in [2.24, 2.45) is 0 Å². The molecule has 0 saturated carbocycles. The van der Waals surface area contributed by atoms with Crippen molar-refractivity contribution in [3.8, 4) is 23.0 Å². The number of hydrogen-bond donors (Lipinski definition) is 0. The highest BCUT2D eigenvalue weighted by Gasteiger charge is 2.35. The first kappa shape index (κ1) is 28.1. The third-order valence-corrected chi connectivity index (χ3v) is 7.58. The molecular formula is C31H32N4O3S. The van der Waals surface area contributed by atoms with Crippen LogP contribution in [0, 0.1) is 11.3 Å². The molecule has 0 fully saturated rings. The number of nitrogens with zero attached hydrogens (tertiary/aromatic N) is 4. The number of benzene rings is 2. The van der Waals surface area contributed by atoms with Crippen LogP contribution in [0.2, 0.25) is 0 Å². The Kier molecular flexibility index (Phi) is 9.53. The molecule has 0 atom stereocenters. The van der Waals surface area contributed by atoms with Gasteiger partial charge in [0.25, 0.3) is 11.8 Å². The van der Waals surface area contributed by atoms with Gasteiger partial charge in [-0.2, -0.15) is 10.4 Å². The number of nitriles is 1. The molecular weight excluding hydrogens is 508 g/mol. The van der Waals surface area contributed by atoms with Gasteiger partial charge in [-0.1, -0.05) is 37.3 Å². The lowest BCUT2D eigenvalue weighted by Gasteiger charge is -2.27. The second kappa shape index (κ2) is 13.2. The van der Waals surface area contributed by atoms with Gasteiger partial charge < -0.3 is 4.74 Å². The van der Waals surface area contributed by atoms with Crippen LogP contribution >= 0.6 is 11.8 Å². The van der Waals surface area contributed by atoms with Crippen LogP contribution in [0.5, 0.6) is 0 Å². The Balaban J connectivity index is 1.79. The standard InChI is InChI=1S/C31H32N4O3S/c1-4-18-39-26-14-12-23(13-15-26)29-24(21-35(33-29)25-10-7-6-8-11-25)19-27-22(3)28(20-32)31(37)34(30(27)36)16-9-17-38-5-2/h6-8,10-15,19,21H,4-5,9,16-18H2,1-3H3/b27-19+. The average Bonchev–Trinajstić information content (AvgIpc) is 3.38. The Morgan fingerprint density at radius 2 is 1.79 bits per heavy atom. The van der Waals surface area contributed by atoms with Gasteiger partial charge in [0.05, 0.1) is 11.4 Å². The SMILES string of the molecule is CCCSc1ccc(-c2nn(-c3ccccc3)cc2/C=C2/C(=O)N(CCCOCC)C(=O)C(C#N)=C2C)cc1. The molecule has 4 rings (SSSR count). The van der Waals surface area contributed by atoms with Gasteiger partial charge >= 0.3 is 0 Å². The lowest BCUT2D eigenvalue weighted by atomic mass is 9.93. The van der Waals surface area contributed by atoms with E-state index in [0.717, 1.165) is 33.9 Å². The highest BCUT2D eigenvalue weighted by Crippen LogP contribution is 2.32. The van der Waals surface area contributed by atoms with E-state index < -0.39 is 11.8 Å². The number of thioether (sulfide) groups is 1. The number of imide groups is 1. The second-order valence-electron chi connectivity index (χ2n) is 9.07. The third-order valence-electron chi connectivity index (χ3n) is 6.36. The summed E-state index contributed by atoms with van der Waals surface area (Å²) in [6.07, 6.45) is 5.22. The van der Waals surface area contributed by atoms with E-state index in [1.54, 1.807) is 29.4 Å². The van der Waals surface area contributed by atoms with Gasteiger partial charge in [-0.3, -0.25) is 14.5 Å². The molecule has 0 spiro atoms. The fourth-order valence-electron chi connectivity index (χ4n) is 4.32. The number of ether oxygens (including phenoxy) is 1. The molecule has 2 amide bonds. The molecule has 1 aromatic heterocycles. The van der Waals surface area contributed by atoms with E-state index in [1.165, 1.54) is 4.90 Å². The summed E-state index contributed by atoms with van der Waals surface area (Å²) in [7, 11) is 0. The zero-order valence-corrected chi connectivity index (χ0v) is 23.3. The Hall–Kier alpha value is -3.93. The van der Waals surface area contributed by atoms with E-state index in [4.69, 9.17) is 9.84 Å². The van der Waals surface area contributed by atoms with E-state index in [0.29, 0.717) is 36.5 Å². The maximum Gasteiger partial charge on any atom is 0.271 e. The van der Waals surface area contributed by atoms with Gasteiger partial charge in [-0.25, -0.2) is 4.68 Å². The molecule has 0 bridgehead atoms. The van der Waals surface area contributed by atoms with Gasteiger partial charge in [0.15, 0.2) is 0 Å². The molecule has 0 N–H and O–H groups in total. The van der Waals surface area contributed by atoms with E-state index in [9.17, 15) is 14.9 Å². The summed E-state index contributed by atoms with van der Waals surface area (Å²) in [5.41, 5.74) is 3.88. The van der Waals surface area contributed by atoms with Crippen molar-refractivity contribution in [1.82, 2.24) is 14.7 Å². The van der Waals surface area contributed by atoms with E-state index in [2.05, 4.69) is 19.1 Å². The summed E-state index contributed by atoms with van der Waals surface area (Å²) >= 11 is 1.81. The average molecular weight is 541 g/mol. The minimum Gasteiger partial charge on any atom is -0.382 e. The first-order valence-corrected chi connectivity index (χ1v) is 14.1. The summed E-state index contributed by atoms with van der Waals surface area (Å²) in [4.78, 5) is 28.9. The molecule has 8 heteroatoms. The zero-order chi connectivity index (χ0) is 27.8. The largest absolute Gasteiger partial charge is 0.382 e. The van der Waals surface area contributed by atoms with Crippen molar-refractivity contribution in [1.29, 1.82) is 5.26 Å². The summed E-state index contributed by atoms with van der Waals surface area (Å²) in [6, 6.07) is 20.0. The van der Waals surface area contributed by atoms with Crippen molar-refractivity contribution in [3.63, 3.8) is 0 Å². The number of rotatable bonds is 11. The fourth-order valence-corrected chi connectivity index (χ4v) is 5.08. The maximum atomic E-state index is 13.6. The second-order valence-corrected chi connectivity index (χ2v) is 10.2. The van der Waals surface area contributed by atoms with E-state index in [1.807, 2.05) is 61.7 Å². The molecule has 0 unspecified atom stereocenters. The zero-order valence-electron chi connectivity index (χ0n) is 22.5. The van der Waals surface area contributed by atoms with Crippen molar-refractivity contribution in [2.45, 2.75) is 38.5 Å². The van der Waals surface area contributed by atoms with Gasteiger partial charge in [0.2, 0.25) is 0 Å². The highest BCUT2D eigenvalue weighted by atomic mass is 32.2. The third kappa shape index (κ3) is 6.39. The van der Waals surface area contributed by atoms with Crippen LogP contribution in [0.15, 0.2) is 82.4 Å². The number of carbonyl (C=O) groups is 2. The van der Waals surface area contributed by atoms with Crippen LogP contribution in [-0.2, 0) is 14.3 Å². The van der Waals surface area contributed by atoms with Crippen LogP contribution in [-0.4, -0.2) is 52.0 Å². The molecule has 7 nitrogen and oxygen atoms in total. The quantitative estimate of drug-likeness (QED) is 0.127. The number of aromatic nitrogens is 2. The molecule has 1 aliphatic heterocycles. The molecule has 2 heterocycles. The first-order valence-electron chi connectivity index (χ1n) is 13.1. The fraction of sp³-hybridized carbons (Fsp3) is 0.290. The predicted octanol–water partition coefficient (Wildman–Crippen LogP) is 6.06. The van der Waals surface area contributed by atoms with Gasteiger partial charge in [0, 0.05) is 47.6 Å². The number of carbonyl (C=O) groups excluding carboxylic acids is 2. The molecule has 0 aliphatic carbocycles. The molecule has 39 heavy (non-hydrogen) atoms. The van der Waals surface area contributed by atoms with Crippen molar-refractivity contribution in [2.75, 3.05) is 25.5 Å². The molecule has 1 aliphatic rings. The number of para-hydroxylation sites is 1. The molecule has 0 saturated heterocycles. The molecule has 2 aromatic carbocycles. The van der Waals surface area contributed by atoms with Crippen LogP contribution < -0.4 is 0 Å². The number of hydrogen-bond acceptors (Lipinski definition) is 6. The lowest BCUT2D eigenvalue weighted by Crippen LogP contribution is -2.43. The van der Waals surface area contributed by atoms with Crippen molar-refractivity contribution >= 4 is 29.7 Å². The van der Waals surface area contributed by atoms with Crippen LogP contribution in [0.3, 0.4) is 0 Å². The predicted molar refractivity (Wildman–Crippen MR) is 154 cm³/mol. The Morgan fingerprint density at radius 3 is 2.46 bits per heavy atom. The Bertz CT molecular complexity index is 1430. The Labute approximate surface area is 233 Å².